The third kappa shape index (κ3) is 5.59. The highest BCUT2D eigenvalue weighted by Gasteiger charge is 2.50. The Morgan fingerprint density at radius 2 is 1.56 bits per heavy atom. The second kappa shape index (κ2) is 11.5. The summed E-state index contributed by atoms with van der Waals surface area (Å²) in [6, 6.07) is 6.22. The van der Waals surface area contributed by atoms with Gasteiger partial charge in [-0.05, 0) is 18.2 Å². The molecule has 0 aromatic heterocycles. The van der Waals surface area contributed by atoms with Crippen molar-refractivity contribution in [3.8, 4) is 28.7 Å². The number of rotatable bonds is 6. The molecule has 0 radical (unpaired) electrons. The van der Waals surface area contributed by atoms with E-state index in [0.717, 1.165) is 6.07 Å². The number of fused-ring (bicyclic) bond motifs is 1. The van der Waals surface area contributed by atoms with Crippen LogP contribution in [-0.4, -0.2) is 124 Å². The number of benzene rings is 2. The number of hydrogen-bond donors (Lipinski definition) is 10. The van der Waals surface area contributed by atoms with Crippen LogP contribution >= 0.6 is 0 Å². The molecule has 15 heteroatoms. The number of phenols is 4. The second-order valence-electron chi connectivity index (χ2n) is 9.90. The zero-order valence-corrected chi connectivity index (χ0v) is 21.2. The molecular weight excluding hydrogens is 552 g/mol. The Morgan fingerprint density at radius 3 is 2.27 bits per heavy atom. The zero-order chi connectivity index (χ0) is 29.6. The van der Waals surface area contributed by atoms with E-state index < -0.39 is 79.5 Å². The van der Waals surface area contributed by atoms with E-state index >= 15 is 0 Å². The molecule has 2 aromatic rings. The SMILES string of the molecule is OCC1OC(OC2=Cc3c(O)cc(O)cc3[OH+]C2c2ccc(O)c(O)c2)C(O)C(O)C1OC1OCC(O)C(O)C1O. The summed E-state index contributed by atoms with van der Waals surface area (Å²) >= 11 is 0. The fraction of sp³-hybridized carbons (Fsp3) is 0.462. The molecule has 0 amide bonds. The van der Waals surface area contributed by atoms with Crippen LogP contribution < -0.4 is 0 Å². The fourth-order valence-corrected chi connectivity index (χ4v) is 4.84. The van der Waals surface area contributed by atoms with Crippen molar-refractivity contribution in [3.63, 3.8) is 0 Å². The predicted molar refractivity (Wildman–Crippen MR) is 133 cm³/mol. The summed E-state index contributed by atoms with van der Waals surface area (Å²) in [6.45, 7) is -1.13. The lowest BCUT2D eigenvalue weighted by Gasteiger charge is -2.44. The van der Waals surface area contributed by atoms with Crippen molar-refractivity contribution in [1.82, 2.24) is 0 Å². The number of aromatic hydroxyl groups is 5. The number of ether oxygens (including phenoxy) is 5. The summed E-state index contributed by atoms with van der Waals surface area (Å²) < 4.78 is 26.8. The highest BCUT2D eigenvalue weighted by molar-refractivity contribution is 5.69. The van der Waals surface area contributed by atoms with Crippen LogP contribution in [0.3, 0.4) is 0 Å². The van der Waals surface area contributed by atoms with Gasteiger partial charge in [0.25, 0.3) is 11.9 Å². The smallest absolute Gasteiger partial charge is 0.270 e. The predicted octanol–water partition coefficient (Wildman–Crippen LogP) is -1.87. The highest BCUT2D eigenvalue weighted by atomic mass is 16.7. The van der Waals surface area contributed by atoms with Gasteiger partial charge in [0.05, 0.1) is 24.8 Å². The molecule has 2 aromatic carbocycles. The maximum absolute atomic E-state index is 10.9. The van der Waals surface area contributed by atoms with Crippen molar-refractivity contribution < 1.29 is 74.7 Å². The molecular formula is C26H31O15+. The quantitative estimate of drug-likeness (QED) is 0.132. The van der Waals surface area contributed by atoms with E-state index in [2.05, 4.69) is 4.74 Å². The topological polar surface area (TPSA) is 252 Å². The first kappa shape index (κ1) is 29.1. The molecule has 5 rings (SSSR count). The van der Waals surface area contributed by atoms with Gasteiger partial charge in [0, 0.05) is 12.1 Å². The van der Waals surface area contributed by atoms with Gasteiger partial charge in [0.15, 0.2) is 23.5 Å². The molecule has 224 valence electrons. The zero-order valence-electron chi connectivity index (χ0n) is 21.2. The molecule has 0 saturated carbocycles. The van der Waals surface area contributed by atoms with Crippen LogP contribution in [0.1, 0.15) is 17.2 Å². The van der Waals surface area contributed by atoms with Crippen molar-refractivity contribution in [3.05, 3.63) is 47.2 Å². The van der Waals surface area contributed by atoms with Gasteiger partial charge >= 0.3 is 0 Å². The first-order chi connectivity index (χ1) is 19.5. The van der Waals surface area contributed by atoms with E-state index in [4.69, 9.17) is 18.9 Å². The first-order valence-corrected chi connectivity index (χ1v) is 12.6. The van der Waals surface area contributed by atoms with Gasteiger partial charge in [0.1, 0.15) is 59.8 Å². The van der Waals surface area contributed by atoms with Gasteiger partial charge < -0.3 is 74.7 Å². The molecule has 41 heavy (non-hydrogen) atoms. The van der Waals surface area contributed by atoms with E-state index in [1.165, 1.54) is 30.3 Å². The minimum Gasteiger partial charge on any atom is -0.571 e. The summed E-state index contributed by atoms with van der Waals surface area (Å²) in [7, 11) is 0. The molecule has 10 atom stereocenters. The summed E-state index contributed by atoms with van der Waals surface area (Å²) in [6.07, 6.45) is -14.0. The van der Waals surface area contributed by atoms with E-state index in [-0.39, 0.29) is 35.2 Å². The normalized spacial score (nSPS) is 35.2. The number of aliphatic hydroxyl groups is 7. The summed E-state index contributed by atoms with van der Waals surface area (Å²) in [4.78, 5) is 0. The lowest BCUT2D eigenvalue weighted by Crippen LogP contribution is -2.63. The summed E-state index contributed by atoms with van der Waals surface area (Å²) in [5.74, 6) is -1.35. The van der Waals surface area contributed by atoms with Crippen LogP contribution in [-0.2, 0) is 18.9 Å². The lowest BCUT2D eigenvalue weighted by atomic mass is 9.97. The highest BCUT2D eigenvalue weighted by Crippen LogP contribution is 2.46. The molecule has 3 aliphatic rings. The van der Waals surface area contributed by atoms with Crippen molar-refractivity contribution in [1.29, 1.82) is 0 Å². The van der Waals surface area contributed by atoms with Crippen LogP contribution in [0, 0.1) is 0 Å². The number of hydrogen-bond acceptors (Lipinski definition) is 14. The third-order valence-corrected chi connectivity index (χ3v) is 7.08. The Hall–Kier alpha value is -3.38. The molecule has 15 nitrogen and oxygen atoms in total. The van der Waals surface area contributed by atoms with E-state index in [9.17, 15) is 51.1 Å². The van der Waals surface area contributed by atoms with Crippen LogP contribution in [0.25, 0.3) is 6.08 Å². The minimum absolute atomic E-state index is 0.0426. The molecule has 11 N–H and O–H groups in total. The van der Waals surface area contributed by atoms with Crippen molar-refractivity contribution in [2.75, 3.05) is 13.2 Å². The van der Waals surface area contributed by atoms with Gasteiger partial charge in [0.2, 0.25) is 6.29 Å². The molecule has 2 saturated heterocycles. The number of aliphatic hydroxyl groups excluding tert-OH is 6. The van der Waals surface area contributed by atoms with Crippen LogP contribution in [0.4, 0.5) is 0 Å². The molecule has 0 bridgehead atoms. The van der Waals surface area contributed by atoms with Gasteiger partial charge in [-0.3, -0.25) is 0 Å². The molecule has 3 aliphatic heterocycles. The Labute approximate surface area is 231 Å². The van der Waals surface area contributed by atoms with Crippen molar-refractivity contribution >= 4 is 6.08 Å². The second-order valence-corrected chi connectivity index (χ2v) is 9.90. The van der Waals surface area contributed by atoms with Gasteiger partial charge in [-0.25, -0.2) is 0 Å². The van der Waals surface area contributed by atoms with Crippen molar-refractivity contribution in [2.24, 2.45) is 0 Å². The lowest BCUT2D eigenvalue weighted by molar-refractivity contribution is -0.345. The van der Waals surface area contributed by atoms with Gasteiger partial charge in [-0.15, -0.1) is 0 Å². The van der Waals surface area contributed by atoms with E-state index in [1.807, 2.05) is 0 Å². The van der Waals surface area contributed by atoms with Crippen LogP contribution in [0.15, 0.2) is 36.1 Å². The van der Waals surface area contributed by atoms with Gasteiger partial charge in [-0.1, -0.05) is 0 Å². The van der Waals surface area contributed by atoms with Gasteiger partial charge in [-0.2, -0.15) is 0 Å². The summed E-state index contributed by atoms with van der Waals surface area (Å²) in [5.41, 5.74) is 0.446. The molecule has 10 unspecified atom stereocenters. The van der Waals surface area contributed by atoms with Crippen LogP contribution in [0.2, 0.25) is 0 Å². The Morgan fingerprint density at radius 1 is 0.829 bits per heavy atom. The molecule has 2 fully saturated rings. The number of phenolic OH excluding ortho intramolecular Hbond substituents is 4. The maximum Gasteiger partial charge on any atom is 0.270 e. The monoisotopic (exact) mass is 583 g/mol. The largest absolute Gasteiger partial charge is 0.571 e. The Bertz CT molecular complexity index is 1280. The fourth-order valence-electron chi connectivity index (χ4n) is 4.84. The molecule has 3 heterocycles. The standard InChI is InChI=1S/C26H30O15/c27-7-18-24(41-25-21(35)19(33)15(32)8-37-25)20(34)22(36)26(40-18)39-17-6-11-13(30)4-10(28)5-16(11)38-23(17)9-1-2-12(29)14(31)3-9/h1-6,15,18-36H,7-8H2/p+1. The summed E-state index contributed by atoms with van der Waals surface area (Å²) in [5, 5.41) is 102. The molecule has 0 spiro atoms. The van der Waals surface area contributed by atoms with Crippen LogP contribution in [0.5, 0.6) is 28.7 Å². The first-order valence-electron chi connectivity index (χ1n) is 12.6. The average Bonchev–Trinajstić information content (AvgIpc) is 2.94. The van der Waals surface area contributed by atoms with E-state index in [0.29, 0.717) is 5.56 Å². The third-order valence-electron chi connectivity index (χ3n) is 7.08. The van der Waals surface area contributed by atoms with E-state index in [1.54, 1.807) is 0 Å². The Kier molecular flexibility index (Phi) is 8.15. The van der Waals surface area contributed by atoms with Crippen molar-refractivity contribution in [2.45, 2.75) is 61.4 Å². The minimum atomic E-state index is -1.82. The maximum atomic E-state index is 10.9. The average molecular weight is 584 g/mol. The Balaban J connectivity index is 1.41. The molecule has 0 aliphatic carbocycles.